The molecule has 0 amide bonds. The van der Waals surface area contributed by atoms with E-state index in [2.05, 4.69) is 36.9 Å². The van der Waals surface area contributed by atoms with Crippen molar-refractivity contribution >= 4 is 12.4 Å². The number of ether oxygens (including phenoxy) is 1. The van der Waals surface area contributed by atoms with Gasteiger partial charge >= 0.3 is 0 Å². The monoisotopic (exact) mass is 284 g/mol. The second-order valence-corrected chi connectivity index (χ2v) is 5.30. The minimum absolute atomic E-state index is 0. The molecule has 1 aliphatic rings. The number of piperidine rings is 1. The number of hydrogen-bond donors (Lipinski definition) is 1. The predicted octanol–water partition coefficient (Wildman–Crippen LogP) is 2.53. The van der Waals surface area contributed by atoms with E-state index in [4.69, 9.17) is 10.5 Å². The van der Waals surface area contributed by atoms with E-state index >= 15 is 0 Å². The van der Waals surface area contributed by atoms with Crippen molar-refractivity contribution in [2.45, 2.75) is 32.7 Å². The molecule has 1 heterocycles. The van der Waals surface area contributed by atoms with Crippen molar-refractivity contribution < 1.29 is 4.74 Å². The Hall–Kier alpha value is -0.770. The van der Waals surface area contributed by atoms with Gasteiger partial charge in [-0.3, -0.25) is 4.90 Å². The number of nitrogens with zero attached hydrogens (tertiary/aromatic N) is 1. The van der Waals surface area contributed by atoms with Crippen molar-refractivity contribution in [3.8, 4) is 5.75 Å². The number of hydrogen-bond acceptors (Lipinski definition) is 3. The molecule has 0 bridgehead atoms. The molecular weight excluding hydrogens is 260 g/mol. The quantitative estimate of drug-likeness (QED) is 0.923. The summed E-state index contributed by atoms with van der Waals surface area (Å²) in [4.78, 5) is 2.44. The number of likely N-dealkylation sites (tertiary alicyclic amines) is 1. The summed E-state index contributed by atoms with van der Waals surface area (Å²) < 4.78 is 5.87. The smallest absolute Gasteiger partial charge is 0.122 e. The second-order valence-electron chi connectivity index (χ2n) is 5.30. The molecule has 3 nitrogen and oxygen atoms in total. The van der Waals surface area contributed by atoms with E-state index < -0.39 is 0 Å². The Morgan fingerprint density at radius 3 is 2.63 bits per heavy atom. The summed E-state index contributed by atoms with van der Waals surface area (Å²) in [7, 11) is 0. The summed E-state index contributed by atoms with van der Waals surface area (Å²) in [6.07, 6.45) is 2.23. The van der Waals surface area contributed by atoms with E-state index in [9.17, 15) is 0 Å². The van der Waals surface area contributed by atoms with Gasteiger partial charge in [0.25, 0.3) is 0 Å². The zero-order valence-electron chi connectivity index (χ0n) is 11.9. The van der Waals surface area contributed by atoms with Crippen LogP contribution in [0.15, 0.2) is 18.2 Å². The van der Waals surface area contributed by atoms with Gasteiger partial charge in [-0.1, -0.05) is 12.1 Å². The number of rotatable bonds is 4. The Balaban J connectivity index is 0.00000180. The van der Waals surface area contributed by atoms with E-state index in [1.165, 1.54) is 11.1 Å². The Bertz CT molecular complexity index is 390. The van der Waals surface area contributed by atoms with Gasteiger partial charge in [-0.15, -0.1) is 12.4 Å². The van der Waals surface area contributed by atoms with Crippen LogP contribution in [-0.4, -0.2) is 37.2 Å². The number of nitrogens with two attached hydrogens (primary N) is 1. The van der Waals surface area contributed by atoms with Crippen LogP contribution in [0.5, 0.6) is 5.75 Å². The lowest BCUT2D eigenvalue weighted by atomic mass is 10.1. The molecule has 1 saturated heterocycles. The first kappa shape index (κ1) is 16.3. The first-order valence-corrected chi connectivity index (χ1v) is 6.83. The minimum Gasteiger partial charge on any atom is -0.492 e. The molecule has 4 heteroatoms. The molecule has 1 fully saturated rings. The highest BCUT2D eigenvalue weighted by atomic mass is 35.5. The van der Waals surface area contributed by atoms with E-state index in [1.54, 1.807) is 0 Å². The lowest BCUT2D eigenvalue weighted by Crippen LogP contribution is -2.41. The molecule has 0 saturated carbocycles. The molecule has 19 heavy (non-hydrogen) atoms. The van der Waals surface area contributed by atoms with Crippen LogP contribution in [0.2, 0.25) is 0 Å². The van der Waals surface area contributed by atoms with Gasteiger partial charge in [-0.2, -0.15) is 0 Å². The SMILES string of the molecule is Cc1ccc(C)c(OCCN2CCC(N)CC2)c1.Cl. The van der Waals surface area contributed by atoms with Crippen molar-refractivity contribution in [3.63, 3.8) is 0 Å². The Morgan fingerprint density at radius 1 is 1.26 bits per heavy atom. The van der Waals surface area contributed by atoms with Gasteiger partial charge in [0.15, 0.2) is 0 Å². The normalized spacial score (nSPS) is 17.0. The molecule has 0 atom stereocenters. The molecule has 0 aliphatic carbocycles. The highest BCUT2D eigenvalue weighted by molar-refractivity contribution is 5.85. The van der Waals surface area contributed by atoms with Crippen LogP contribution in [0.3, 0.4) is 0 Å². The minimum atomic E-state index is 0. The van der Waals surface area contributed by atoms with Gasteiger partial charge < -0.3 is 10.5 Å². The van der Waals surface area contributed by atoms with Crippen LogP contribution < -0.4 is 10.5 Å². The standard InChI is InChI=1S/C15H24N2O.ClH/c1-12-3-4-13(2)15(11-12)18-10-9-17-7-5-14(16)6-8-17;/h3-4,11,14H,5-10,16H2,1-2H3;1H. The number of benzene rings is 1. The fourth-order valence-electron chi connectivity index (χ4n) is 2.32. The largest absolute Gasteiger partial charge is 0.492 e. The van der Waals surface area contributed by atoms with E-state index in [0.29, 0.717) is 6.04 Å². The molecule has 0 spiro atoms. The Kier molecular flexibility index (Phi) is 6.63. The van der Waals surface area contributed by atoms with Gasteiger partial charge in [0.05, 0.1) is 0 Å². The van der Waals surface area contributed by atoms with E-state index in [-0.39, 0.29) is 12.4 Å². The van der Waals surface area contributed by atoms with E-state index in [0.717, 1.165) is 44.8 Å². The Morgan fingerprint density at radius 2 is 1.95 bits per heavy atom. The molecule has 1 aliphatic heterocycles. The van der Waals surface area contributed by atoms with Crippen LogP contribution in [0.4, 0.5) is 0 Å². The lowest BCUT2D eigenvalue weighted by molar-refractivity contribution is 0.174. The molecule has 2 N–H and O–H groups in total. The summed E-state index contributed by atoms with van der Waals surface area (Å²) in [5.74, 6) is 1.02. The maximum absolute atomic E-state index is 5.90. The van der Waals surface area contributed by atoms with Crippen molar-refractivity contribution in [2.24, 2.45) is 5.73 Å². The zero-order chi connectivity index (χ0) is 13.0. The highest BCUT2D eigenvalue weighted by Gasteiger charge is 2.15. The molecule has 0 aromatic heterocycles. The Labute approximate surface area is 122 Å². The molecular formula is C15H25ClN2O. The van der Waals surface area contributed by atoms with Crippen molar-refractivity contribution in [1.82, 2.24) is 4.90 Å². The fraction of sp³-hybridized carbons (Fsp3) is 0.600. The molecule has 0 unspecified atom stereocenters. The molecule has 2 rings (SSSR count). The van der Waals surface area contributed by atoms with Gasteiger partial charge in [-0.25, -0.2) is 0 Å². The molecule has 1 aromatic rings. The van der Waals surface area contributed by atoms with Crippen LogP contribution in [0.1, 0.15) is 24.0 Å². The van der Waals surface area contributed by atoms with Crippen LogP contribution in [0.25, 0.3) is 0 Å². The highest BCUT2D eigenvalue weighted by Crippen LogP contribution is 2.19. The number of halogens is 1. The molecule has 108 valence electrons. The lowest BCUT2D eigenvalue weighted by Gasteiger charge is -2.29. The summed E-state index contributed by atoms with van der Waals surface area (Å²) in [6.45, 7) is 8.17. The van der Waals surface area contributed by atoms with Gasteiger partial charge in [-0.05, 0) is 57.0 Å². The van der Waals surface area contributed by atoms with Crippen LogP contribution >= 0.6 is 12.4 Å². The maximum atomic E-state index is 5.90. The first-order chi connectivity index (χ1) is 8.65. The zero-order valence-corrected chi connectivity index (χ0v) is 12.7. The maximum Gasteiger partial charge on any atom is 0.122 e. The van der Waals surface area contributed by atoms with Crippen molar-refractivity contribution in [1.29, 1.82) is 0 Å². The predicted molar refractivity (Wildman–Crippen MR) is 82.3 cm³/mol. The third-order valence-corrected chi connectivity index (χ3v) is 3.64. The second kappa shape index (κ2) is 7.73. The average Bonchev–Trinajstić information content (AvgIpc) is 2.36. The summed E-state index contributed by atoms with van der Waals surface area (Å²) in [6, 6.07) is 6.75. The molecule has 1 aromatic carbocycles. The van der Waals surface area contributed by atoms with Crippen LogP contribution in [0, 0.1) is 13.8 Å². The molecule has 0 radical (unpaired) electrons. The summed E-state index contributed by atoms with van der Waals surface area (Å²) >= 11 is 0. The van der Waals surface area contributed by atoms with Crippen molar-refractivity contribution in [3.05, 3.63) is 29.3 Å². The third kappa shape index (κ3) is 5.01. The van der Waals surface area contributed by atoms with Gasteiger partial charge in [0.2, 0.25) is 0 Å². The summed E-state index contributed by atoms with van der Waals surface area (Å²) in [5.41, 5.74) is 8.35. The first-order valence-electron chi connectivity index (χ1n) is 6.83. The third-order valence-electron chi connectivity index (χ3n) is 3.64. The van der Waals surface area contributed by atoms with Crippen LogP contribution in [-0.2, 0) is 0 Å². The van der Waals surface area contributed by atoms with Gasteiger partial charge in [0, 0.05) is 12.6 Å². The average molecular weight is 285 g/mol. The van der Waals surface area contributed by atoms with E-state index in [1.807, 2.05) is 0 Å². The summed E-state index contributed by atoms with van der Waals surface area (Å²) in [5, 5.41) is 0. The fourth-order valence-corrected chi connectivity index (χ4v) is 2.32. The van der Waals surface area contributed by atoms with Crippen molar-refractivity contribution in [2.75, 3.05) is 26.2 Å². The topological polar surface area (TPSA) is 38.5 Å². The van der Waals surface area contributed by atoms with Gasteiger partial charge in [0.1, 0.15) is 12.4 Å². The number of aryl methyl sites for hydroxylation is 2.